The fraction of sp³-hybridized carbons (Fsp3) is 0.154. The molecule has 2 amide bonds. The van der Waals surface area contributed by atoms with E-state index in [1.807, 2.05) is 24.3 Å². The number of guanidine groups is 2. The third kappa shape index (κ3) is 7.07. The van der Waals surface area contributed by atoms with Crippen LogP contribution in [0.4, 0.5) is 22.7 Å². The lowest BCUT2D eigenvalue weighted by Gasteiger charge is -2.11. The molecule has 0 saturated carbocycles. The van der Waals surface area contributed by atoms with Crippen LogP contribution >= 0.6 is 0 Å². The number of hydrogen-bond donors (Lipinski definition) is 6. The normalized spacial score (nSPS) is 11.3. The first kappa shape index (κ1) is 25.8. The summed E-state index contributed by atoms with van der Waals surface area (Å²) in [6.07, 6.45) is 0. The van der Waals surface area contributed by atoms with Crippen molar-refractivity contribution in [2.24, 2.45) is 9.98 Å². The number of benzene rings is 3. The molecule has 10 heteroatoms. The summed E-state index contributed by atoms with van der Waals surface area (Å²) in [6, 6.07) is 21.0. The van der Waals surface area contributed by atoms with Gasteiger partial charge in [0.05, 0.1) is 0 Å². The first-order valence-electron chi connectivity index (χ1n) is 11.2. The van der Waals surface area contributed by atoms with Gasteiger partial charge in [0.25, 0.3) is 11.8 Å². The van der Waals surface area contributed by atoms with E-state index in [1.54, 1.807) is 76.7 Å². The highest BCUT2D eigenvalue weighted by Crippen LogP contribution is 2.17. The molecule has 0 unspecified atom stereocenters. The molecule has 0 saturated heterocycles. The van der Waals surface area contributed by atoms with Crippen molar-refractivity contribution in [3.8, 4) is 0 Å². The molecule has 0 aliphatic heterocycles. The van der Waals surface area contributed by atoms with Crippen LogP contribution < -0.4 is 31.9 Å². The fourth-order valence-electron chi connectivity index (χ4n) is 3.19. The molecule has 3 rings (SSSR count). The minimum absolute atomic E-state index is 0.270. The summed E-state index contributed by atoms with van der Waals surface area (Å²) in [5.74, 6) is 0.728. The Kier molecular flexibility index (Phi) is 8.99. The van der Waals surface area contributed by atoms with Gasteiger partial charge >= 0.3 is 0 Å². The van der Waals surface area contributed by atoms with Gasteiger partial charge in [-0.1, -0.05) is 0 Å². The van der Waals surface area contributed by atoms with E-state index in [0.29, 0.717) is 34.4 Å². The summed E-state index contributed by atoms with van der Waals surface area (Å²) in [4.78, 5) is 33.4. The van der Waals surface area contributed by atoms with Crippen LogP contribution in [0, 0.1) is 0 Å². The predicted molar refractivity (Wildman–Crippen MR) is 147 cm³/mol. The molecular formula is C26H30N8O2. The Labute approximate surface area is 210 Å². The second-order valence-electron chi connectivity index (χ2n) is 7.53. The topological polar surface area (TPSA) is 131 Å². The first-order valence-corrected chi connectivity index (χ1v) is 11.2. The molecule has 10 nitrogen and oxygen atoms in total. The number of amides is 2. The van der Waals surface area contributed by atoms with Crippen LogP contribution in [-0.2, 0) is 0 Å². The molecule has 3 aromatic carbocycles. The van der Waals surface area contributed by atoms with Gasteiger partial charge < -0.3 is 31.9 Å². The van der Waals surface area contributed by atoms with Gasteiger partial charge in [0.15, 0.2) is 11.9 Å². The van der Waals surface area contributed by atoms with Crippen LogP contribution in [0.1, 0.15) is 20.7 Å². The number of nitrogens with zero attached hydrogens (tertiary/aromatic N) is 2. The lowest BCUT2D eigenvalue weighted by Crippen LogP contribution is -2.26. The van der Waals surface area contributed by atoms with Crippen molar-refractivity contribution in [3.63, 3.8) is 0 Å². The van der Waals surface area contributed by atoms with Crippen LogP contribution in [0.5, 0.6) is 0 Å². The number of nitrogens with one attached hydrogen (secondary N) is 6. The molecule has 186 valence electrons. The predicted octanol–water partition coefficient (Wildman–Crippen LogP) is 3.43. The summed E-state index contributed by atoms with van der Waals surface area (Å²) in [6.45, 7) is 0. The minimum atomic E-state index is -0.270. The summed E-state index contributed by atoms with van der Waals surface area (Å²) in [7, 11) is 6.92. The lowest BCUT2D eigenvalue weighted by atomic mass is 10.1. The average molecular weight is 487 g/mol. The van der Waals surface area contributed by atoms with Gasteiger partial charge in [-0.3, -0.25) is 19.6 Å². The second kappa shape index (κ2) is 12.6. The average Bonchev–Trinajstić information content (AvgIpc) is 2.92. The Hall–Kier alpha value is -4.86. The number of aliphatic imine (C=N–C) groups is 2. The fourth-order valence-corrected chi connectivity index (χ4v) is 3.19. The highest BCUT2D eigenvalue weighted by Gasteiger charge is 2.10. The van der Waals surface area contributed by atoms with Crippen molar-refractivity contribution in [2.75, 3.05) is 49.5 Å². The molecule has 0 heterocycles. The lowest BCUT2D eigenvalue weighted by molar-refractivity contribution is 0.101. The van der Waals surface area contributed by atoms with Crippen LogP contribution in [0.3, 0.4) is 0 Å². The molecule has 36 heavy (non-hydrogen) atoms. The standard InChI is InChI=1S/C26H30N8O2/c1-27-25(28-2)33-21-13-9-19(10-14-21)31-23(35)17-5-7-18(8-6-17)24(36)32-20-11-15-22(16-12-20)34-26(29-3)30-4/h5-16H,1-4H3,(H,31,35)(H,32,36)(H2,27,28,33)(H2,29,30,34). The molecule has 0 spiro atoms. The van der Waals surface area contributed by atoms with Gasteiger partial charge in [0.1, 0.15) is 0 Å². The maximum absolute atomic E-state index is 12.6. The molecule has 6 N–H and O–H groups in total. The zero-order chi connectivity index (χ0) is 25.9. The van der Waals surface area contributed by atoms with E-state index in [-0.39, 0.29) is 11.8 Å². The van der Waals surface area contributed by atoms with Crippen molar-refractivity contribution in [1.29, 1.82) is 0 Å². The maximum Gasteiger partial charge on any atom is 0.255 e. The second-order valence-corrected chi connectivity index (χ2v) is 7.53. The highest BCUT2D eigenvalue weighted by atomic mass is 16.2. The zero-order valence-electron chi connectivity index (χ0n) is 20.6. The minimum Gasteiger partial charge on any atom is -0.359 e. The number of carbonyl (C=O) groups excluding carboxylic acids is 2. The van der Waals surface area contributed by atoms with Gasteiger partial charge in [-0.15, -0.1) is 0 Å². The van der Waals surface area contributed by atoms with Crippen LogP contribution in [0.15, 0.2) is 82.8 Å². The van der Waals surface area contributed by atoms with E-state index in [0.717, 1.165) is 11.4 Å². The monoisotopic (exact) mass is 486 g/mol. The van der Waals surface area contributed by atoms with Crippen molar-refractivity contribution in [1.82, 2.24) is 10.6 Å². The molecular weight excluding hydrogens is 456 g/mol. The smallest absolute Gasteiger partial charge is 0.255 e. The molecule has 0 aliphatic carbocycles. The van der Waals surface area contributed by atoms with Crippen LogP contribution in [0.2, 0.25) is 0 Å². The van der Waals surface area contributed by atoms with E-state index in [9.17, 15) is 9.59 Å². The first-order chi connectivity index (χ1) is 17.4. The quantitative estimate of drug-likeness (QED) is 0.234. The Morgan fingerprint density at radius 2 is 0.778 bits per heavy atom. The maximum atomic E-state index is 12.6. The Balaban J connectivity index is 1.56. The van der Waals surface area contributed by atoms with E-state index >= 15 is 0 Å². The van der Waals surface area contributed by atoms with E-state index in [4.69, 9.17) is 0 Å². The van der Waals surface area contributed by atoms with Gasteiger partial charge in [0.2, 0.25) is 0 Å². The number of hydrogen-bond acceptors (Lipinski definition) is 4. The third-order valence-electron chi connectivity index (χ3n) is 5.14. The van der Waals surface area contributed by atoms with Crippen molar-refractivity contribution >= 4 is 46.5 Å². The SMILES string of the molecule is CN=C(NC)Nc1ccc(NC(=O)c2ccc(C(=O)Nc3ccc(NC(=NC)NC)cc3)cc2)cc1. The molecule has 0 radical (unpaired) electrons. The summed E-state index contributed by atoms with van der Waals surface area (Å²) >= 11 is 0. The van der Waals surface area contributed by atoms with E-state index < -0.39 is 0 Å². The summed E-state index contributed by atoms with van der Waals surface area (Å²) < 4.78 is 0. The summed E-state index contributed by atoms with van der Waals surface area (Å²) in [5, 5.41) is 17.8. The van der Waals surface area contributed by atoms with Crippen molar-refractivity contribution in [3.05, 3.63) is 83.9 Å². The van der Waals surface area contributed by atoms with Crippen molar-refractivity contribution in [2.45, 2.75) is 0 Å². The molecule has 0 bridgehead atoms. The molecule has 0 atom stereocenters. The van der Waals surface area contributed by atoms with Crippen LogP contribution in [-0.4, -0.2) is 51.9 Å². The Morgan fingerprint density at radius 3 is 1.03 bits per heavy atom. The third-order valence-corrected chi connectivity index (χ3v) is 5.14. The van der Waals surface area contributed by atoms with Gasteiger partial charge in [-0.2, -0.15) is 0 Å². The van der Waals surface area contributed by atoms with E-state index in [1.165, 1.54) is 0 Å². The Morgan fingerprint density at radius 1 is 0.500 bits per heavy atom. The zero-order valence-corrected chi connectivity index (χ0v) is 20.6. The Bertz CT molecular complexity index is 1140. The summed E-state index contributed by atoms with van der Waals surface area (Å²) in [5.41, 5.74) is 3.85. The number of anilines is 4. The molecule has 0 aromatic heterocycles. The van der Waals surface area contributed by atoms with Crippen LogP contribution in [0.25, 0.3) is 0 Å². The molecule has 0 aliphatic rings. The molecule has 3 aromatic rings. The van der Waals surface area contributed by atoms with Crippen molar-refractivity contribution < 1.29 is 9.59 Å². The van der Waals surface area contributed by atoms with E-state index in [2.05, 4.69) is 41.9 Å². The highest BCUT2D eigenvalue weighted by molar-refractivity contribution is 6.07. The molecule has 0 fully saturated rings. The largest absolute Gasteiger partial charge is 0.359 e. The number of rotatable bonds is 6. The van der Waals surface area contributed by atoms with Gasteiger partial charge in [-0.25, -0.2) is 0 Å². The van der Waals surface area contributed by atoms with Gasteiger partial charge in [-0.05, 0) is 72.8 Å². The van der Waals surface area contributed by atoms with Gasteiger partial charge in [0, 0.05) is 62.1 Å². The number of carbonyl (C=O) groups is 2.